The van der Waals surface area contributed by atoms with Gasteiger partial charge in [-0.3, -0.25) is 0 Å². The van der Waals surface area contributed by atoms with Crippen LogP contribution in [0.1, 0.15) is 24.5 Å². The van der Waals surface area contributed by atoms with Gasteiger partial charge in [0.15, 0.2) is 11.9 Å². The first kappa shape index (κ1) is 16.5. The standard InChI is InChI=1S/C18H18ClN3O2/c1-3-24-18(23)16-11-15(13-8-5-4-7-12(13)2)21-22(16)17-14(19)9-6-10-20-17/h4-10,16H,3,11H2,1-2H3. The number of anilines is 1. The first-order valence-electron chi connectivity index (χ1n) is 7.81. The minimum atomic E-state index is -0.563. The predicted octanol–water partition coefficient (Wildman–Crippen LogP) is 3.59. The fourth-order valence-electron chi connectivity index (χ4n) is 2.73. The average molecular weight is 344 g/mol. The van der Waals surface area contributed by atoms with Gasteiger partial charge in [0.2, 0.25) is 0 Å². The number of carbonyl (C=O) groups is 1. The van der Waals surface area contributed by atoms with Crippen LogP contribution in [0.4, 0.5) is 5.82 Å². The van der Waals surface area contributed by atoms with Crippen molar-refractivity contribution in [2.45, 2.75) is 26.3 Å². The average Bonchev–Trinajstić information content (AvgIpc) is 3.01. The van der Waals surface area contributed by atoms with E-state index in [0.717, 1.165) is 16.8 Å². The summed E-state index contributed by atoms with van der Waals surface area (Å²) in [6, 6.07) is 10.9. The molecule has 0 fully saturated rings. The van der Waals surface area contributed by atoms with E-state index in [1.54, 1.807) is 30.3 Å². The van der Waals surface area contributed by atoms with Gasteiger partial charge in [-0.15, -0.1) is 0 Å². The van der Waals surface area contributed by atoms with Gasteiger partial charge in [0.25, 0.3) is 0 Å². The van der Waals surface area contributed by atoms with Gasteiger partial charge < -0.3 is 4.74 Å². The SMILES string of the molecule is CCOC(=O)C1CC(c2ccccc2C)=NN1c1ncccc1Cl. The lowest BCUT2D eigenvalue weighted by Crippen LogP contribution is -2.36. The van der Waals surface area contributed by atoms with Crippen LogP contribution >= 0.6 is 11.6 Å². The summed E-state index contributed by atoms with van der Waals surface area (Å²) in [7, 11) is 0. The Morgan fingerprint density at radius 1 is 1.33 bits per heavy atom. The van der Waals surface area contributed by atoms with Crippen molar-refractivity contribution in [1.82, 2.24) is 4.98 Å². The Balaban J connectivity index is 2.02. The third kappa shape index (κ3) is 3.12. The van der Waals surface area contributed by atoms with Crippen LogP contribution in [0.15, 0.2) is 47.7 Å². The van der Waals surface area contributed by atoms with Crippen LogP contribution in [0.5, 0.6) is 0 Å². The van der Waals surface area contributed by atoms with E-state index in [-0.39, 0.29) is 5.97 Å². The Bertz CT molecular complexity index is 791. The molecule has 0 bridgehead atoms. The lowest BCUT2D eigenvalue weighted by atomic mass is 10.00. The second kappa shape index (κ2) is 7.01. The minimum absolute atomic E-state index is 0.318. The van der Waals surface area contributed by atoms with Crippen molar-refractivity contribution in [3.05, 3.63) is 58.7 Å². The van der Waals surface area contributed by atoms with E-state index in [1.165, 1.54) is 0 Å². The van der Waals surface area contributed by atoms with Crippen LogP contribution in [0, 0.1) is 6.92 Å². The first-order chi connectivity index (χ1) is 11.6. The van der Waals surface area contributed by atoms with Crippen molar-refractivity contribution in [3.63, 3.8) is 0 Å². The van der Waals surface area contributed by atoms with Crippen LogP contribution < -0.4 is 5.01 Å². The smallest absolute Gasteiger partial charge is 0.331 e. The Labute approximate surface area is 145 Å². The van der Waals surface area contributed by atoms with E-state index in [9.17, 15) is 4.79 Å². The van der Waals surface area contributed by atoms with Crippen molar-refractivity contribution in [2.24, 2.45) is 5.10 Å². The molecule has 0 spiro atoms. The lowest BCUT2D eigenvalue weighted by molar-refractivity contribution is -0.144. The Morgan fingerprint density at radius 2 is 2.12 bits per heavy atom. The molecule has 0 saturated carbocycles. The molecule has 0 saturated heterocycles. The van der Waals surface area contributed by atoms with Gasteiger partial charge in [-0.2, -0.15) is 5.10 Å². The Hall–Kier alpha value is -2.40. The molecule has 24 heavy (non-hydrogen) atoms. The van der Waals surface area contributed by atoms with Crippen LogP contribution in [-0.4, -0.2) is 29.3 Å². The van der Waals surface area contributed by atoms with Gasteiger partial charge in [0, 0.05) is 18.2 Å². The van der Waals surface area contributed by atoms with Crippen molar-refractivity contribution >= 4 is 29.1 Å². The van der Waals surface area contributed by atoms with Gasteiger partial charge in [-0.1, -0.05) is 35.9 Å². The molecule has 6 heteroatoms. The van der Waals surface area contributed by atoms with E-state index in [2.05, 4.69) is 10.1 Å². The zero-order chi connectivity index (χ0) is 17.1. The van der Waals surface area contributed by atoms with E-state index in [4.69, 9.17) is 16.3 Å². The van der Waals surface area contributed by atoms with Crippen LogP contribution in [0.25, 0.3) is 0 Å². The molecule has 0 radical (unpaired) electrons. The maximum Gasteiger partial charge on any atom is 0.331 e. The van der Waals surface area contributed by atoms with Crippen LogP contribution in [-0.2, 0) is 9.53 Å². The molecule has 1 aliphatic rings. The number of hydrogen-bond donors (Lipinski definition) is 0. The number of benzene rings is 1. The van der Waals surface area contributed by atoms with Gasteiger partial charge in [0.05, 0.1) is 17.3 Å². The number of pyridine rings is 1. The molecule has 2 aromatic rings. The second-order valence-electron chi connectivity index (χ2n) is 5.49. The summed E-state index contributed by atoms with van der Waals surface area (Å²) in [6.45, 7) is 4.13. The van der Waals surface area contributed by atoms with Gasteiger partial charge in [-0.25, -0.2) is 14.8 Å². The third-order valence-electron chi connectivity index (χ3n) is 3.88. The molecule has 0 amide bonds. The molecule has 0 aliphatic carbocycles. The zero-order valence-corrected chi connectivity index (χ0v) is 14.3. The number of nitrogens with zero attached hydrogens (tertiary/aromatic N) is 3. The molecule has 1 unspecified atom stereocenters. The molecule has 1 aliphatic heterocycles. The summed E-state index contributed by atoms with van der Waals surface area (Å²) in [5.74, 6) is 0.132. The molecule has 1 aromatic heterocycles. The first-order valence-corrected chi connectivity index (χ1v) is 8.19. The highest BCUT2D eigenvalue weighted by Gasteiger charge is 2.37. The molecular weight excluding hydrogens is 326 g/mol. The molecule has 5 nitrogen and oxygen atoms in total. The minimum Gasteiger partial charge on any atom is -0.464 e. The van der Waals surface area contributed by atoms with Gasteiger partial charge in [0.1, 0.15) is 0 Å². The van der Waals surface area contributed by atoms with E-state index >= 15 is 0 Å². The van der Waals surface area contributed by atoms with E-state index < -0.39 is 6.04 Å². The number of halogens is 1. The summed E-state index contributed by atoms with van der Waals surface area (Å²) < 4.78 is 5.21. The molecular formula is C18H18ClN3O2. The number of ether oxygens (including phenoxy) is 1. The summed E-state index contributed by atoms with van der Waals surface area (Å²) in [5.41, 5.74) is 2.95. The predicted molar refractivity (Wildman–Crippen MR) is 94.5 cm³/mol. The fraction of sp³-hybridized carbons (Fsp3) is 0.278. The van der Waals surface area contributed by atoms with E-state index in [1.807, 2.05) is 31.2 Å². The highest BCUT2D eigenvalue weighted by Crippen LogP contribution is 2.31. The number of esters is 1. The number of rotatable bonds is 4. The van der Waals surface area contributed by atoms with Gasteiger partial charge >= 0.3 is 5.97 Å². The summed E-state index contributed by atoms with van der Waals surface area (Å²) >= 11 is 6.25. The summed E-state index contributed by atoms with van der Waals surface area (Å²) in [6.07, 6.45) is 2.08. The number of aromatic nitrogens is 1. The zero-order valence-electron chi connectivity index (χ0n) is 13.6. The monoisotopic (exact) mass is 343 g/mol. The number of hydrazone groups is 1. The number of hydrogen-bond acceptors (Lipinski definition) is 5. The maximum atomic E-state index is 12.4. The topological polar surface area (TPSA) is 54.8 Å². The summed E-state index contributed by atoms with van der Waals surface area (Å²) in [5, 5.41) is 6.65. The van der Waals surface area contributed by atoms with E-state index in [0.29, 0.717) is 23.9 Å². The third-order valence-corrected chi connectivity index (χ3v) is 4.18. The Morgan fingerprint density at radius 3 is 2.83 bits per heavy atom. The number of carbonyl (C=O) groups excluding carboxylic acids is 1. The van der Waals surface area contributed by atoms with Crippen molar-refractivity contribution in [3.8, 4) is 0 Å². The molecule has 0 N–H and O–H groups in total. The van der Waals surface area contributed by atoms with Crippen LogP contribution in [0.2, 0.25) is 5.02 Å². The molecule has 2 heterocycles. The summed E-state index contributed by atoms with van der Waals surface area (Å²) in [4.78, 5) is 16.7. The molecule has 1 aromatic carbocycles. The largest absolute Gasteiger partial charge is 0.464 e. The van der Waals surface area contributed by atoms with Gasteiger partial charge in [-0.05, 0) is 31.5 Å². The maximum absolute atomic E-state index is 12.4. The fourth-order valence-corrected chi connectivity index (χ4v) is 2.94. The molecule has 1 atom stereocenters. The van der Waals surface area contributed by atoms with Crippen LogP contribution in [0.3, 0.4) is 0 Å². The molecule has 3 rings (SSSR count). The van der Waals surface area contributed by atoms with Crippen molar-refractivity contribution in [1.29, 1.82) is 0 Å². The highest BCUT2D eigenvalue weighted by atomic mass is 35.5. The second-order valence-corrected chi connectivity index (χ2v) is 5.89. The highest BCUT2D eigenvalue weighted by molar-refractivity contribution is 6.33. The van der Waals surface area contributed by atoms with Crippen molar-refractivity contribution in [2.75, 3.05) is 11.6 Å². The Kier molecular flexibility index (Phi) is 4.81. The molecule has 124 valence electrons. The lowest BCUT2D eigenvalue weighted by Gasteiger charge is -2.21. The quantitative estimate of drug-likeness (QED) is 0.796. The normalized spacial score (nSPS) is 16.9. The number of aryl methyl sites for hydroxylation is 1. The van der Waals surface area contributed by atoms with Crippen molar-refractivity contribution < 1.29 is 9.53 Å².